The predicted octanol–water partition coefficient (Wildman–Crippen LogP) is -0.502. The third-order valence-corrected chi connectivity index (χ3v) is 3.04. The Kier molecular flexibility index (Phi) is 2.38. The Morgan fingerprint density at radius 1 is 1.12 bits per heavy atom. The number of carbonyl (C=O) groups excluding carboxylic acids is 2. The van der Waals surface area contributed by atoms with Gasteiger partial charge in [0, 0.05) is 38.6 Å². The molecule has 1 aromatic heterocycles. The van der Waals surface area contributed by atoms with Crippen LogP contribution >= 0.6 is 0 Å². The molecule has 0 radical (unpaired) electrons. The van der Waals surface area contributed by atoms with Crippen molar-refractivity contribution in [3.05, 3.63) is 29.6 Å². The molecule has 0 aliphatic carbocycles. The molecule has 2 aliphatic rings. The summed E-state index contributed by atoms with van der Waals surface area (Å²) >= 11 is 0. The van der Waals surface area contributed by atoms with Gasteiger partial charge in [-0.05, 0) is 6.07 Å². The van der Waals surface area contributed by atoms with Crippen molar-refractivity contribution in [3.63, 3.8) is 0 Å². The van der Waals surface area contributed by atoms with E-state index in [4.69, 9.17) is 0 Å². The summed E-state index contributed by atoms with van der Waals surface area (Å²) in [6.45, 7) is 2.90. The van der Waals surface area contributed by atoms with Crippen LogP contribution < -0.4 is 5.32 Å². The van der Waals surface area contributed by atoms with Gasteiger partial charge < -0.3 is 5.32 Å². The van der Waals surface area contributed by atoms with E-state index < -0.39 is 0 Å². The SMILES string of the molecule is O=C1c2ccncc2C(=O)N1N1CCNCC1. The molecule has 88 valence electrons. The fraction of sp³-hybridized carbons (Fsp3) is 0.364. The van der Waals surface area contributed by atoms with Crippen molar-refractivity contribution in [2.75, 3.05) is 26.2 Å². The van der Waals surface area contributed by atoms with E-state index in [0.717, 1.165) is 13.1 Å². The van der Waals surface area contributed by atoms with Crippen LogP contribution in [0.1, 0.15) is 20.7 Å². The van der Waals surface area contributed by atoms with E-state index in [-0.39, 0.29) is 11.8 Å². The Labute approximate surface area is 98.2 Å². The maximum atomic E-state index is 12.1. The Morgan fingerprint density at radius 3 is 2.53 bits per heavy atom. The summed E-state index contributed by atoms with van der Waals surface area (Å²) in [5, 5.41) is 6.22. The molecule has 0 atom stereocenters. The number of aromatic nitrogens is 1. The first-order valence-corrected chi connectivity index (χ1v) is 5.57. The minimum atomic E-state index is -0.264. The molecule has 3 rings (SSSR count). The van der Waals surface area contributed by atoms with Crippen molar-refractivity contribution in [2.24, 2.45) is 0 Å². The summed E-state index contributed by atoms with van der Waals surface area (Å²) in [5.41, 5.74) is 0.847. The summed E-state index contributed by atoms with van der Waals surface area (Å²) in [6, 6.07) is 1.60. The van der Waals surface area contributed by atoms with E-state index in [1.54, 1.807) is 11.1 Å². The van der Waals surface area contributed by atoms with Crippen molar-refractivity contribution in [1.82, 2.24) is 20.3 Å². The van der Waals surface area contributed by atoms with E-state index in [9.17, 15) is 9.59 Å². The van der Waals surface area contributed by atoms with Crippen molar-refractivity contribution < 1.29 is 9.59 Å². The standard InChI is InChI=1S/C11H12N4O2/c16-10-8-1-2-13-7-9(8)11(17)15(10)14-5-3-12-4-6-14/h1-2,7,12H,3-6H2. The lowest BCUT2D eigenvalue weighted by Crippen LogP contribution is -2.54. The molecule has 0 saturated carbocycles. The maximum Gasteiger partial charge on any atom is 0.277 e. The number of hydrogen-bond donors (Lipinski definition) is 1. The lowest BCUT2D eigenvalue weighted by molar-refractivity contribution is -0.00357. The number of piperazine rings is 1. The van der Waals surface area contributed by atoms with Gasteiger partial charge in [0.2, 0.25) is 0 Å². The Morgan fingerprint density at radius 2 is 1.82 bits per heavy atom. The summed E-state index contributed by atoms with van der Waals surface area (Å²) in [6.07, 6.45) is 2.99. The van der Waals surface area contributed by atoms with Gasteiger partial charge in [-0.15, -0.1) is 0 Å². The molecule has 1 aromatic rings. The molecule has 3 heterocycles. The minimum absolute atomic E-state index is 0.241. The van der Waals surface area contributed by atoms with Gasteiger partial charge >= 0.3 is 0 Å². The van der Waals surface area contributed by atoms with Gasteiger partial charge in [-0.3, -0.25) is 14.6 Å². The van der Waals surface area contributed by atoms with Crippen LogP contribution in [0.5, 0.6) is 0 Å². The number of fused-ring (bicyclic) bond motifs is 1. The zero-order valence-electron chi connectivity index (χ0n) is 9.22. The van der Waals surface area contributed by atoms with Gasteiger partial charge in [0.1, 0.15) is 0 Å². The number of nitrogens with zero attached hydrogens (tertiary/aromatic N) is 3. The fourth-order valence-electron chi connectivity index (χ4n) is 2.18. The first kappa shape index (κ1) is 10.4. The monoisotopic (exact) mass is 232 g/mol. The Hall–Kier alpha value is -1.79. The third-order valence-electron chi connectivity index (χ3n) is 3.04. The first-order valence-electron chi connectivity index (χ1n) is 5.57. The van der Waals surface area contributed by atoms with Crippen molar-refractivity contribution in [1.29, 1.82) is 0 Å². The average molecular weight is 232 g/mol. The summed E-state index contributed by atoms with van der Waals surface area (Å²) in [5.74, 6) is -0.505. The van der Waals surface area contributed by atoms with E-state index in [0.29, 0.717) is 24.2 Å². The molecule has 0 bridgehead atoms. The van der Waals surface area contributed by atoms with Crippen molar-refractivity contribution in [3.8, 4) is 0 Å². The number of pyridine rings is 1. The lowest BCUT2D eigenvalue weighted by atomic mass is 10.2. The Bertz CT molecular complexity index is 447. The molecule has 6 heteroatoms. The molecule has 17 heavy (non-hydrogen) atoms. The number of nitrogens with one attached hydrogen (secondary N) is 1. The highest BCUT2D eigenvalue weighted by atomic mass is 16.2. The van der Waals surface area contributed by atoms with E-state index in [2.05, 4.69) is 10.3 Å². The number of hydrogen-bond acceptors (Lipinski definition) is 5. The van der Waals surface area contributed by atoms with Gasteiger partial charge in [-0.2, -0.15) is 0 Å². The second kappa shape index (κ2) is 3.90. The van der Waals surface area contributed by atoms with E-state index in [1.807, 2.05) is 0 Å². The van der Waals surface area contributed by atoms with Gasteiger partial charge in [0.05, 0.1) is 11.1 Å². The normalized spacial score (nSPS) is 20.8. The number of rotatable bonds is 1. The Balaban J connectivity index is 1.94. The largest absolute Gasteiger partial charge is 0.314 e. The van der Waals surface area contributed by atoms with Crippen LogP contribution in [-0.4, -0.2) is 53.0 Å². The van der Waals surface area contributed by atoms with Crippen LogP contribution in [0, 0.1) is 0 Å². The molecular formula is C11H12N4O2. The summed E-state index contributed by atoms with van der Waals surface area (Å²) < 4.78 is 0. The van der Waals surface area contributed by atoms with Crippen LogP contribution in [0.4, 0.5) is 0 Å². The van der Waals surface area contributed by atoms with Crippen molar-refractivity contribution >= 4 is 11.8 Å². The third kappa shape index (κ3) is 1.53. The molecule has 2 amide bonds. The number of carbonyl (C=O) groups is 2. The van der Waals surface area contributed by atoms with Gasteiger partial charge in [0.25, 0.3) is 11.8 Å². The number of hydrazine groups is 1. The zero-order valence-corrected chi connectivity index (χ0v) is 9.22. The first-order chi connectivity index (χ1) is 8.29. The molecular weight excluding hydrogens is 220 g/mol. The summed E-state index contributed by atoms with van der Waals surface area (Å²) in [4.78, 5) is 28.1. The van der Waals surface area contributed by atoms with Crippen molar-refractivity contribution in [2.45, 2.75) is 0 Å². The second-order valence-electron chi connectivity index (χ2n) is 4.05. The highest BCUT2D eigenvalue weighted by Gasteiger charge is 2.39. The lowest BCUT2D eigenvalue weighted by Gasteiger charge is -2.33. The van der Waals surface area contributed by atoms with Crippen LogP contribution in [0.15, 0.2) is 18.5 Å². The van der Waals surface area contributed by atoms with Crippen LogP contribution in [0.2, 0.25) is 0 Å². The number of amides is 2. The summed E-state index contributed by atoms with van der Waals surface area (Å²) in [7, 11) is 0. The maximum absolute atomic E-state index is 12.1. The molecule has 1 fully saturated rings. The molecule has 0 spiro atoms. The molecule has 0 unspecified atom stereocenters. The molecule has 1 N–H and O–H groups in total. The van der Waals surface area contributed by atoms with Crippen LogP contribution in [0.3, 0.4) is 0 Å². The minimum Gasteiger partial charge on any atom is -0.314 e. The fourth-order valence-corrected chi connectivity index (χ4v) is 2.18. The van der Waals surface area contributed by atoms with Gasteiger partial charge in [-0.25, -0.2) is 10.0 Å². The molecule has 2 aliphatic heterocycles. The van der Waals surface area contributed by atoms with Gasteiger partial charge in [-0.1, -0.05) is 0 Å². The smallest absolute Gasteiger partial charge is 0.277 e. The van der Waals surface area contributed by atoms with E-state index in [1.165, 1.54) is 17.4 Å². The second-order valence-corrected chi connectivity index (χ2v) is 4.05. The quantitative estimate of drug-likeness (QED) is 0.661. The molecule has 0 aromatic carbocycles. The highest BCUT2D eigenvalue weighted by molar-refractivity contribution is 6.20. The topological polar surface area (TPSA) is 65.5 Å². The van der Waals surface area contributed by atoms with Gasteiger partial charge in [0.15, 0.2) is 0 Å². The zero-order chi connectivity index (χ0) is 11.8. The highest BCUT2D eigenvalue weighted by Crippen LogP contribution is 2.23. The molecule has 6 nitrogen and oxygen atoms in total. The van der Waals surface area contributed by atoms with E-state index >= 15 is 0 Å². The average Bonchev–Trinajstić information content (AvgIpc) is 2.64. The van der Waals surface area contributed by atoms with Crippen LogP contribution in [0.25, 0.3) is 0 Å². The predicted molar refractivity (Wildman–Crippen MR) is 59.2 cm³/mol. The van der Waals surface area contributed by atoms with Crippen LogP contribution in [-0.2, 0) is 0 Å². The number of imide groups is 1. The molecule has 1 saturated heterocycles.